The van der Waals surface area contributed by atoms with Crippen molar-refractivity contribution in [3.05, 3.63) is 94.5 Å². The number of hydrogen-bond donors (Lipinski definition) is 2. The number of urea groups is 1. The molecule has 0 saturated carbocycles. The molecule has 1 heterocycles. The lowest BCUT2D eigenvalue weighted by molar-refractivity contribution is 0.252. The summed E-state index contributed by atoms with van der Waals surface area (Å²) in [7, 11) is 1.61. The molecule has 1 aromatic heterocycles. The van der Waals surface area contributed by atoms with Crippen molar-refractivity contribution >= 4 is 40.9 Å². The number of methoxy groups -OCH3 is 1. The van der Waals surface area contributed by atoms with Gasteiger partial charge < -0.3 is 4.74 Å². The summed E-state index contributed by atoms with van der Waals surface area (Å²) in [6.45, 7) is 1.75. The maximum Gasteiger partial charge on any atom is 0.342 e. The number of benzene rings is 3. The molecule has 4 rings (SSSR count). The first kappa shape index (κ1) is 24.2. The van der Waals surface area contributed by atoms with Crippen molar-refractivity contribution in [3.63, 3.8) is 0 Å². The Labute approximate surface area is 212 Å². The second-order valence-electron chi connectivity index (χ2n) is 7.44. The molecule has 0 saturated heterocycles. The summed E-state index contributed by atoms with van der Waals surface area (Å²) in [4.78, 5) is 21.6. The minimum Gasteiger partial charge on any atom is -0.497 e. The third-order valence-electron chi connectivity index (χ3n) is 5.07. The number of hydrazone groups is 1. The Morgan fingerprint density at radius 2 is 1.49 bits per heavy atom. The highest BCUT2D eigenvalue weighted by molar-refractivity contribution is 6.34. The molecule has 4 aromatic rings. The molecule has 0 aliphatic carbocycles. The van der Waals surface area contributed by atoms with Crippen LogP contribution in [0.5, 0.6) is 5.75 Å². The van der Waals surface area contributed by atoms with E-state index in [1.165, 1.54) is 0 Å². The zero-order chi connectivity index (χ0) is 24.8. The van der Waals surface area contributed by atoms with Gasteiger partial charge in [0.05, 0.1) is 24.2 Å². The van der Waals surface area contributed by atoms with E-state index >= 15 is 0 Å². The predicted molar refractivity (Wildman–Crippen MR) is 140 cm³/mol. The third-order valence-corrected chi connectivity index (χ3v) is 5.65. The number of carbonyl (C=O) groups excluding carboxylic acids is 1. The molecule has 3 aromatic carbocycles. The van der Waals surface area contributed by atoms with Crippen molar-refractivity contribution in [2.24, 2.45) is 5.10 Å². The van der Waals surface area contributed by atoms with Gasteiger partial charge in [0.15, 0.2) is 0 Å². The summed E-state index contributed by atoms with van der Waals surface area (Å²) >= 11 is 12.2. The number of aromatic nitrogens is 2. The highest BCUT2D eigenvalue weighted by Crippen LogP contribution is 2.27. The first-order chi connectivity index (χ1) is 16.9. The lowest BCUT2D eigenvalue weighted by atomic mass is 10.1. The molecule has 2 amide bonds. The second kappa shape index (κ2) is 11.0. The van der Waals surface area contributed by atoms with Gasteiger partial charge in [-0.15, -0.1) is 0 Å². The van der Waals surface area contributed by atoms with E-state index in [1.807, 2.05) is 60.7 Å². The van der Waals surface area contributed by atoms with E-state index in [9.17, 15) is 4.79 Å². The van der Waals surface area contributed by atoms with Gasteiger partial charge in [-0.25, -0.2) is 20.2 Å². The fourth-order valence-electron chi connectivity index (χ4n) is 3.26. The van der Waals surface area contributed by atoms with Crippen LogP contribution in [0, 0.1) is 0 Å². The van der Waals surface area contributed by atoms with Crippen LogP contribution in [-0.4, -0.2) is 28.8 Å². The number of rotatable bonds is 6. The summed E-state index contributed by atoms with van der Waals surface area (Å²) in [5.41, 5.74) is 6.64. The van der Waals surface area contributed by atoms with Crippen LogP contribution in [0.1, 0.15) is 12.5 Å². The number of anilines is 1. The van der Waals surface area contributed by atoms with Gasteiger partial charge in [-0.1, -0.05) is 53.5 Å². The van der Waals surface area contributed by atoms with Crippen LogP contribution in [0.15, 0.2) is 84.0 Å². The Kier molecular flexibility index (Phi) is 7.60. The van der Waals surface area contributed by atoms with Gasteiger partial charge in [-0.05, 0) is 55.5 Å². The number of ether oxygens (including phenoxy) is 1. The second-order valence-corrected chi connectivity index (χ2v) is 8.28. The van der Waals surface area contributed by atoms with Crippen molar-refractivity contribution in [3.8, 4) is 28.3 Å². The van der Waals surface area contributed by atoms with Crippen LogP contribution in [0.2, 0.25) is 10.0 Å². The number of halogens is 2. The smallest absolute Gasteiger partial charge is 0.342 e. The Bertz CT molecular complexity index is 1370. The van der Waals surface area contributed by atoms with E-state index in [1.54, 1.807) is 32.2 Å². The van der Waals surface area contributed by atoms with Crippen LogP contribution in [0.3, 0.4) is 0 Å². The molecule has 0 radical (unpaired) electrons. The molecule has 35 heavy (non-hydrogen) atoms. The molecule has 0 spiro atoms. The van der Waals surface area contributed by atoms with Gasteiger partial charge in [-0.2, -0.15) is 5.10 Å². The van der Waals surface area contributed by atoms with Crippen molar-refractivity contribution in [1.82, 2.24) is 15.4 Å². The van der Waals surface area contributed by atoms with E-state index < -0.39 is 6.03 Å². The molecule has 0 aliphatic rings. The van der Waals surface area contributed by atoms with Gasteiger partial charge >= 0.3 is 6.03 Å². The minimum absolute atomic E-state index is 0.117. The average molecular weight is 506 g/mol. The van der Waals surface area contributed by atoms with Crippen LogP contribution < -0.4 is 15.5 Å². The molecule has 2 N–H and O–H groups in total. The molecular formula is C26H21Cl2N5O2. The number of hydrogen-bond acceptors (Lipinski definition) is 5. The van der Waals surface area contributed by atoms with Gasteiger partial charge in [0.1, 0.15) is 5.75 Å². The van der Waals surface area contributed by atoms with E-state index in [0.29, 0.717) is 27.1 Å². The fraction of sp³-hybridized carbons (Fsp3) is 0.0769. The maximum absolute atomic E-state index is 12.6. The molecule has 0 unspecified atom stereocenters. The SMILES string of the molecule is COc1ccc(-c2cc(-c3ccc(Cl)cc3)nc(NC(=O)N/N=C(/C)c3ccccc3Cl)n2)cc1. The monoisotopic (exact) mass is 505 g/mol. The topological polar surface area (TPSA) is 88.5 Å². The molecule has 176 valence electrons. The van der Waals surface area contributed by atoms with Crippen LogP contribution in [-0.2, 0) is 0 Å². The minimum atomic E-state index is -0.592. The summed E-state index contributed by atoms with van der Waals surface area (Å²) in [6.07, 6.45) is 0. The zero-order valence-corrected chi connectivity index (χ0v) is 20.4. The standard InChI is InChI=1S/C26H21Cl2N5O2/c1-16(21-5-3-4-6-22(21)28)32-33-26(34)31-25-29-23(17-7-11-19(27)12-8-17)15-24(30-25)18-9-13-20(35-2)14-10-18/h3-15H,1-2H3,(H2,29,30,31,33,34)/b32-16-. The van der Waals surface area contributed by atoms with Crippen molar-refractivity contribution in [2.45, 2.75) is 6.92 Å². The van der Waals surface area contributed by atoms with Gasteiger partial charge in [0.25, 0.3) is 0 Å². The summed E-state index contributed by atoms with van der Waals surface area (Å²) in [5.74, 6) is 0.844. The highest BCUT2D eigenvalue weighted by Gasteiger charge is 2.12. The number of amides is 2. The Morgan fingerprint density at radius 3 is 2.09 bits per heavy atom. The Morgan fingerprint density at radius 1 is 0.886 bits per heavy atom. The number of nitrogens with one attached hydrogen (secondary N) is 2. The van der Waals surface area contributed by atoms with Gasteiger partial charge in [0, 0.05) is 26.7 Å². The number of nitrogens with zero attached hydrogens (tertiary/aromatic N) is 3. The Balaban J connectivity index is 1.62. The molecular weight excluding hydrogens is 485 g/mol. The normalized spacial score (nSPS) is 11.1. The number of carbonyl (C=O) groups is 1. The first-order valence-electron chi connectivity index (χ1n) is 10.6. The fourth-order valence-corrected chi connectivity index (χ4v) is 3.66. The van der Waals surface area contributed by atoms with Crippen LogP contribution >= 0.6 is 23.2 Å². The van der Waals surface area contributed by atoms with Crippen LogP contribution in [0.25, 0.3) is 22.5 Å². The lowest BCUT2D eigenvalue weighted by Gasteiger charge is -2.10. The summed E-state index contributed by atoms with van der Waals surface area (Å²) < 4.78 is 5.24. The molecule has 0 fully saturated rings. The maximum atomic E-state index is 12.6. The molecule has 0 aliphatic heterocycles. The highest BCUT2D eigenvalue weighted by atomic mass is 35.5. The molecule has 0 atom stereocenters. The van der Waals surface area contributed by atoms with E-state index in [4.69, 9.17) is 27.9 Å². The van der Waals surface area contributed by atoms with E-state index in [2.05, 4.69) is 25.8 Å². The first-order valence-corrected chi connectivity index (χ1v) is 11.3. The molecule has 9 heteroatoms. The summed E-state index contributed by atoms with van der Waals surface area (Å²) in [5, 5.41) is 7.94. The predicted octanol–water partition coefficient (Wildman–Crippen LogP) is 6.67. The Hall–Kier alpha value is -3.94. The van der Waals surface area contributed by atoms with E-state index in [-0.39, 0.29) is 5.95 Å². The van der Waals surface area contributed by atoms with Crippen molar-refractivity contribution in [2.75, 3.05) is 12.4 Å². The summed E-state index contributed by atoms with van der Waals surface area (Å²) in [6, 6.07) is 23.2. The lowest BCUT2D eigenvalue weighted by Crippen LogP contribution is -2.26. The molecule has 7 nitrogen and oxygen atoms in total. The largest absolute Gasteiger partial charge is 0.497 e. The third kappa shape index (κ3) is 6.15. The van der Waals surface area contributed by atoms with Crippen molar-refractivity contribution in [1.29, 1.82) is 0 Å². The van der Waals surface area contributed by atoms with Crippen molar-refractivity contribution < 1.29 is 9.53 Å². The average Bonchev–Trinajstić information content (AvgIpc) is 2.88. The van der Waals surface area contributed by atoms with Gasteiger partial charge in [-0.3, -0.25) is 5.32 Å². The van der Waals surface area contributed by atoms with Crippen LogP contribution in [0.4, 0.5) is 10.7 Å². The van der Waals surface area contributed by atoms with Gasteiger partial charge in [0.2, 0.25) is 5.95 Å². The zero-order valence-electron chi connectivity index (χ0n) is 18.9. The van der Waals surface area contributed by atoms with E-state index in [0.717, 1.165) is 22.4 Å². The molecule has 0 bridgehead atoms. The quantitative estimate of drug-likeness (QED) is 0.226.